The van der Waals surface area contributed by atoms with Crippen LogP contribution in [0.3, 0.4) is 0 Å². The van der Waals surface area contributed by atoms with E-state index in [2.05, 4.69) is 238 Å². The summed E-state index contributed by atoms with van der Waals surface area (Å²) in [7, 11) is 0. The first-order chi connectivity index (χ1) is 29.3. The van der Waals surface area contributed by atoms with Crippen LogP contribution in [0.2, 0.25) is 0 Å². The molecule has 2 aliphatic rings. The van der Waals surface area contributed by atoms with Crippen molar-refractivity contribution in [2.24, 2.45) is 10.8 Å². The molecule has 0 unspecified atom stereocenters. The minimum Gasteiger partial charge on any atom is -0.309 e. The Morgan fingerprint density at radius 3 is 0.968 bits per heavy atom. The number of hydrogen-bond acceptors (Lipinski definition) is 0. The molecular formula is C60H60N2. The minimum atomic E-state index is 0.0189. The predicted octanol–water partition coefficient (Wildman–Crippen LogP) is 16.4. The molecule has 2 heterocycles. The lowest BCUT2D eigenvalue weighted by Gasteiger charge is -2.44. The van der Waals surface area contributed by atoms with Gasteiger partial charge in [-0.1, -0.05) is 150 Å². The van der Waals surface area contributed by atoms with E-state index in [4.69, 9.17) is 0 Å². The molecule has 9 aromatic rings. The van der Waals surface area contributed by atoms with Gasteiger partial charge in [-0.15, -0.1) is 0 Å². The Balaban J connectivity index is 1.09. The van der Waals surface area contributed by atoms with E-state index in [1.54, 1.807) is 0 Å². The van der Waals surface area contributed by atoms with Crippen molar-refractivity contribution in [2.75, 3.05) is 0 Å². The van der Waals surface area contributed by atoms with Gasteiger partial charge in [0, 0.05) is 32.9 Å². The van der Waals surface area contributed by atoms with E-state index in [1.165, 1.54) is 99.5 Å². The topological polar surface area (TPSA) is 9.86 Å². The quantitative estimate of drug-likeness (QED) is 0.168. The molecule has 2 aromatic heterocycles. The molecule has 7 aromatic carbocycles. The van der Waals surface area contributed by atoms with Gasteiger partial charge in [0.1, 0.15) is 0 Å². The Hall–Kier alpha value is -5.86. The highest BCUT2D eigenvalue weighted by Gasteiger charge is 2.58. The Kier molecular flexibility index (Phi) is 7.81. The average molecular weight is 809 g/mol. The van der Waals surface area contributed by atoms with Crippen LogP contribution in [0.15, 0.2) is 146 Å². The van der Waals surface area contributed by atoms with Crippen molar-refractivity contribution >= 4 is 43.6 Å². The highest BCUT2D eigenvalue weighted by atomic mass is 15.0. The molecule has 0 fully saturated rings. The maximum absolute atomic E-state index is 2.54. The molecule has 0 amide bonds. The molecule has 0 saturated carbocycles. The molecule has 62 heavy (non-hydrogen) atoms. The fourth-order valence-electron chi connectivity index (χ4n) is 12.1. The maximum atomic E-state index is 2.54. The summed E-state index contributed by atoms with van der Waals surface area (Å²) >= 11 is 0. The van der Waals surface area contributed by atoms with Crippen molar-refractivity contribution in [1.82, 2.24) is 9.13 Å². The van der Waals surface area contributed by atoms with Gasteiger partial charge in [-0.2, -0.15) is 0 Å². The van der Waals surface area contributed by atoms with Crippen molar-refractivity contribution in [3.63, 3.8) is 0 Å². The van der Waals surface area contributed by atoms with Crippen molar-refractivity contribution < 1.29 is 0 Å². The Morgan fingerprint density at radius 2 is 0.597 bits per heavy atom. The van der Waals surface area contributed by atoms with E-state index in [0.29, 0.717) is 0 Å². The van der Waals surface area contributed by atoms with Gasteiger partial charge in [-0.05, 0) is 156 Å². The Morgan fingerprint density at radius 1 is 0.274 bits per heavy atom. The van der Waals surface area contributed by atoms with Gasteiger partial charge in [0.25, 0.3) is 0 Å². The predicted molar refractivity (Wildman–Crippen MR) is 266 cm³/mol. The second kappa shape index (κ2) is 12.4. The second-order valence-electron chi connectivity index (χ2n) is 22.0. The van der Waals surface area contributed by atoms with Gasteiger partial charge in [0.2, 0.25) is 0 Å². The van der Waals surface area contributed by atoms with Crippen LogP contribution < -0.4 is 0 Å². The van der Waals surface area contributed by atoms with Crippen LogP contribution in [0, 0.1) is 10.8 Å². The molecule has 2 nitrogen and oxygen atoms in total. The fourth-order valence-corrected chi connectivity index (χ4v) is 12.1. The van der Waals surface area contributed by atoms with Gasteiger partial charge < -0.3 is 9.13 Å². The van der Waals surface area contributed by atoms with Gasteiger partial charge in [-0.3, -0.25) is 0 Å². The molecule has 0 N–H and O–H groups in total. The van der Waals surface area contributed by atoms with E-state index in [1.807, 2.05) is 0 Å². The van der Waals surface area contributed by atoms with E-state index in [0.717, 1.165) is 0 Å². The number of para-hydroxylation sites is 2. The largest absolute Gasteiger partial charge is 0.309 e. The third-order valence-electron chi connectivity index (χ3n) is 18.3. The summed E-state index contributed by atoms with van der Waals surface area (Å²) in [5.41, 5.74) is 18.5. The summed E-state index contributed by atoms with van der Waals surface area (Å²) in [6.07, 6.45) is 0. The van der Waals surface area contributed by atoms with Gasteiger partial charge >= 0.3 is 0 Å². The van der Waals surface area contributed by atoms with Gasteiger partial charge in [0.05, 0.1) is 22.1 Å². The number of nitrogens with zero attached hydrogens (tertiary/aromatic N) is 2. The van der Waals surface area contributed by atoms with Crippen molar-refractivity contribution in [3.8, 4) is 33.6 Å². The van der Waals surface area contributed by atoms with Crippen LogP contribution in [0.1, 0.15) is 105 Å². The molecule has 0 spiro atoms. The maximum Gasteiger partial charge on any atom is 0.0544 e. The zero-order valence-electron chi connectivity index (χ0n) is 38.8. The van der Waals surface area contributed by atoms with Crippen molar-refractivity contribution in [1.29, 1.82) is 0 Å². The number of aromatic nitrogens is 2. The van der Waals surface area contributed by atoms with E-state index < -0.39 is 0 Å². The number of rotatable bonds is 4. The molecule has 310 valence electrons. The number of benzene rings is 7. The van der Waals surface area contributed by atoms with Crippen molar-refractivity contribution in [2.45, 2.75) is 105 Å². The molecule has 0 bridgehead atoms. The lowest BCUT2D eigenvalue weighted by Crippen LogP contribution is -2.42. The second-order valence-corrected chi connectivity index (χ2v) is 22.0. The first-order valence-corrected chi connectivity index (χ1v) is 22.8. The lowest BCUT2D eigenvalue weighted by molar-refractivity contribution is 0.125. The van der Waals surface area contributed by atoms with Crippen LogP contribution >= 0.6 is 0 Å². The molecule has 2 heteroatoms. The van der Waals surface area contributed by atoms with E-state index >= 15 is 0 Å². The van der Waals surface area contributed by atoms with E-state index in [-0.39, 0.29) is 32.5 Å². The average Bonchev–Trinajstić information content (AvgIpc) is 3.82. The Labute approximate surface area is 368 Å². The fraction of sp³-hybridized carbons (Fsp3) is 0.300. The normalized spacial score (nSPS) is 18.8. The van der Waals surface area contributed by atoms with Crippen molar-refractivity contribution in [3.05, 3.63) is 168 Å². The zero-order chi connectivity index (χ0) is 43.5. The van der Waals surface area contributed by atoms with Crippen LogP contribution in [-0.2, 0) is 21.7 Å². The summed E-state index contributed by atoms with van der Waals surface area (Å²) < 4.78 is 4.97. The van der Waals surface area contributed by atoms with Gasteiger partial charge in [0.15, 0.2) is 0 Å². The molecule has 11 rings (SSSR count). The minimum absolute atomic E-state index is 0.0189. The zero-order valence-corrected chi connectivity index (χ0v) is 38.8. The molecule has 0 radical (unpaired) electrons. The SMILES string of the molecule is CC1(C)c2cc3c4cc(-c5cccc(-c6ccc7c(c6)c6cc8c(cc6n7-c6ccccc6)C(C)(C)C(C)(C)C8(C)C)c5)ccc4n(-c4ccccc4)c3cc2C(C)(C)C1(C)C. The van der Waals surface area contributed by atoms with Crippen LogP contribution in [-0.4, -0.2) is 9.13 Å². The first kappa shape index (κ1) is 39.0. The molecule has 0 saturated heterocycles. The molecular weight excluding hydrogens is 749 g/mol. The van der Waals surface area contributed by atoms with Crippen LogP contribution in [0.5, 0.6) is 0 Å². The monoisotopic (exact) mass is 808 g/mol. The highest BCUT2D eigenvalue weighted by molar-refractivity contribution is 6.12. The summed E-state index contributed by atoms with van der Waals surface area (Å²) in [5, 5.41) is 5.24. The summed E-state index contributed by atoms with van der Waals surface area (Å²) in [6.45, 7) is 29.4. The number of fused-ring (bicyclic) bond motifs is 8. The summed E-state index contributed by atoms with van der Waals surface area (Å²) in [5.74, 6) is 0. The van der Waals surface area contributed by atoms with Crippen LogP contribution in [0.4, 0.5) is 0 Å². The molecule has 0 aliphatic heterocycles. The van der Waals surface area contributed by atoms with Gasteiger partial charge in [-0.25, -0.2) is 0 Å². The first-order valence-electron chi connectivity index (χ1n) is 22.8. The third kappa shape index (κ3) is 4.82. The molecule has 0 atom stereocenters. The van der Waals surface area contributed by atoms with Crippen LogP contribution in [0.25, 0.3) is 77.2 Å². The third-order valence-corrected chi connectivity index (χ3v) is 18.3. The van der Waals surface area contributed by atoms with E-state index in [9.17, 15) is 0 Å². The number of hydrogen-bond donors (Lipinski definition) is 0. The highest BCUT2D eigenvalue weighted by Crippen LogP contribution is 2.64. The molecule has 2 aliphatic carbocycles. The Bertz CT molecular complexity index is 3100. The lowest BCUT2D eigenvalue weighted by atomic mass is 9.59. The summed E-state index contributed by atoms with van der Waals surface area (Å²) in [4.78, 5) is 0. The standard InChI is InChI=1S/C60H60N2/c1-55(2)47-33-45-43-31-39(26-28-51(43)61(41-22-15-13-16-23-41)53(45)35-49(47)57(5,6)59(55,9)10)37-20-19-21-38(30-37)40-27-29-52-44(32-40)46-34-48-50(58(7,8)60(11,12)56(48,3)4)36-54(46)62(52)42-24-17-14-18-25-42/h13-36H,1-12H3. The summed E-state index contributed by atoms with van der Waals surface area (Å²) in [6, 6.07) is 55.4. The smallest absolute Gasteiger partial charge is 0.0544 e.